The number of likely N-dealkylation sites (tertiary alicyclic amines) is 1. The number of carbonyl (C=O) groups excluding carboxylic acids is 1. The first-order chi connectivity index (χ1) is 22.2. The van der Waals surface area contributed by atoms with Gasteiger partial charge in [-0.05, 0) is 62.9 Å². The van der Waals surface area contributed by atoms with Crippen LogP contribution in [0, 0.1) is 17.2 Å². The second-order valence-corrected chi connectivity index (χ2v) is 12.4. The molecule has 4 heterocycles. The zero-order chi connectivity index (χ0) is 32.4. The van der Waals surface area contributed by atoms with Gasteiger partial charge in [0.25, 0.3) is 5.91 Å². The summed E-state index contributed by atoms with van der Waals surface area (Å²) in [5.74, 6) is 1.26. The van der Waals surface area contributed by atoms with Crippen LogP contribution in [0.5, 0.6) is 11.5 Å². The number of anilines is 1. The fraction of sp³-hybridized carbons (Fsp3) is 0.382. The Morgan fingerprint density at radius 3 is 2.37 bits per heavy atom. The third-order valence-corrected chi connectivity index (χ3v) is 8.97. The van der Waals surface area contributed by atoms with Crippen LogP contribution >= 0.6 is 0 Å². The predicted octanol–water partition coefficient (Wildman–Crippen LogP) is 3.28. The van der Waals surface area contributed by atoms with Crippen molar-refractivity contribution in [1.29, 1.82) is 5.26 Å². The van der Waals surface area contributed by atoms with Crippen molar-refractivity contribution >= 4 is 22.9 Å². The van der Waals surface area contributed by atoms with E-state index in [-0.39, 0.29) is 28.9 Å². The number of imidazole rings is 1. The lowest BCUT2D eigenvalue weighted by molar-refractivity contribution is -0.133. The number of nitrogen functional groups attached to an aromatic ring is 1. The Labute approximate surface area is 267 Å². The molecule has 2 fully saturated rings. The molecule has 2 saturated heterocycles. The third kappa shape index (κ3) is 6.11. The largest absolute Gasteiger partial charge is 0.457 e. The minimum Gasteiger partial charge on any atom is -0.457 e. The molecule has 4 aromatic rings. The molecule has 0 unspecified atom stereocenters. The molecule has 0 aliphatic carbocycles. The fourth-order valence-corrected chi connectivity index (χ4v) is 6.30. The molecule has 0 saturated carbocycles. The number of aromatic nitrogens is 4. The molecule has 2 aromatic heterocycles. The molecule has 0 radical (unpaired) electrons. The number of benzene rings is 2. The molecular weight excluding hydrogens is 582 g/mol. The van der Waals surface area contributed by atoms with Gasteiger partial charge in [0.05, 0.1) is 5.69 Å². The molecule has 0 atom stereocenters. The van der Waals surface area contributed by atoms with E-state index in [9.17, 15) is 14.9 Å². The normalized spacial score (nSPS) is 16.7. The number of hydrogen-bond acceptors (Lipinski definition) is 9. The van der Waals surface area contributed by atoms with Gasteiger partial charge in [-0.3, -0.25) is 18.8 Å². The summed E-state index contributed by atoms with van der Waals surface area (Å²) in [7, 11) is 0. The van der Waals surface area contributed by atoms with Gasteiger partial charge in [-0.1, -0.05) is 25.1 Å². The quantitative estimate of drug-likeness (QED) is 0.220. The molecule has 2 aliphatic rings. The van der Waals surface area contributed by atoms with Gasteiger partial charge in [-0.2, -0.15) is 5.26 Å². The van der Waals surface area contributed by atoms with E-state index < -0.39 is 5.54 Å². The zero-order valence-corrected chi connectivity index (χ0v) is 26.5. The number of nitrogens with zero attached hydrogens (tertiary/aromatic N) is 8. The van der Waals surface area contributed by atoms with Gasteiger partial charge in [0.2, 0.25) is 0 Å². The molecule has 0 bridgehead atoms. The Kier molecular flexibility index (Phi) is 8.62. The Balaban J connectivity index is 1.17. The van der Waals surface area contributed by atoms with Gasteiger partial charge in [0.15, 0.2) is 11.5 Å². The smallest absolute Gasteiger partial charge is 0.335 e. The van der Waals surface area contributed by atoms with E-state index in [4.69, 9.17) is 10.5 Å². The van der Waals surface area contributed by atoms with Crippen LogP contribution in [-0.4, -0.2) is 91.1 Å². The summed E-state index contributed by atoms with van der Waals surface area (Å²) in [4.78, 5) is 42.1. The minimum absolute atomic E-state index is 0.00797. The maximum Gasteiger partial charge on any atom is 0.335 e. The summed E-state index contributed by atoms with van der Waals surface area (Å²) < 4.78 is 9.01. The van der Waals surface area contributed by atoms with Crippen LogP contribution in [-0.2, 0) is 11.3 Å². The van der Waals surface area contributed by atoms with Crippen molar-refractivity contribution in [3.05, 3.63) is 83.1 Å². The van der Waals surface area contributed by atoms with Crippen molar-refractivity contribution < 1.29 is 9.53 Å². The average Bonchev–Trinajstić information content (AvgIpc) is 3.33. The van der Waals surface area contributed by atoms with Gasteiger partial charge in [0.1, 0.15) is 35.0 Å². The number of para-hydroxylation sites is 1. The first-order valence-electron chi connectivity index (χ1n) is 15.6. The van der Waals surface area contributed by atoms with Crippen LogP contribution in [0.1, 0.15) is 20.8 Å². The van der Waals surface area contributed by atoms with Gasteiger partial charge in [-0.15, -0.1) is 0 Å². The average molecular weight is 622 g/mol. The molecule has 2 N–H and O–H groups in total. The van der Waals surface area contributed by atoms with Gasteiger partial charge >= 0.3 is 5.69 Å². The molecule has 1 amide bonds. The van der Waals surface area contributed by atoms with E-state index in [0.29, 0.717) is 48.0 Å². The lowest BCUT2D eigenvalue weighted by atomic mass is 9.95. The SMILES string of the molecule is CCN1CCN(C(C)(C)/C=C(/C#N)C(=O)N2CC(Cn3c(=O)n(-c4ccc(Oc5ccccc5)cc4)c4c(N)ncnc43)C2)CC1. The number of ether oxygens (including phenoxy) is 1. The predicted molar refractivity (Wildman–Crippen MR) is 176 cm³/mol. The number of nitrogens with two attached hydrogens (primary N) is 1. The van der Waals surface area contributed by atoms with Crippen LogP contribution in [0.25, 0.3) is 16.9 Å². The van der Waals surface area contributed by atoms with Crippen LogP contribution in [0.2, 0.25) is 0 Å². The van der Waals surface area contributed by atoms with E-state index in [2.05, 4.69) is 46.6 Å². The van der Waals surface area contributed by atoms with Crippen molar-refractivity contribution in [2.24, 2.45) is 5.92 Å². The van der Waals surface area contributed by atoms with E-state index in [1.165, 1.54) is 10.9 Å². The number of likely N-dealkylation sites (N-methyl/N-ethyl adjacent to an activating group) is 1. The Morgan fingerprint density at radius 1 is 1.04 bits per heavy atom. The number of carbonyl (C=O) groups is 1. The molecule has 2 aromatic carbocycles. The minimum atomic E-state index is -0.425. The summed E-state index contributed by atoms with van der Waals surface area (Å²) in [6.07, 6.45) is 3.15. The fourth-order valence-electron chi connectivity index (χ4n) is 6.30. The van der Waals surface area contributed by atoms with E-state index in [0.717, 1.165) is 32.7 Å². The first kappa shape index (κ1) is 31.0. The van der Waals surface area contributed by atoms with Gasteiger partial charge < -0.3 is 20.3 Å². The van der Waals surface area contributed by atoms with E-state index >= 15 is 0 Å². The summed E-state index contributed by atoms with van der Waals surface area (Å²) in [5.41, 5.74) is 7.14. The van der Waals surface area contributed by atoms with Crippen molar-refractivity contribution in [1.82, 2.24) is 33.8 Å². The molecule has 12 nitrogen and oxygen atoms in total. The van der Waals surface area contributed by atoms with Gasteiger partial charge in [-0.25, -0.2) is 14.8 Å². The lowest BCUT2D eigenvalue weighted by Gasteiger charge is -2.43. The highest BCUT2D eigenvalue weighted by Gasteiger charge is 2.36. The topological polar surface area (TPSA) is 139 Å². The van der Waals surface area contributed by atoms with E-state index in [1.807, 2.05) is 30.3 Å². The molecule has 0 spiro atoms. The van der Waals surface area contributed by atoms with Crippen LogP contribution < -0.4 is 16.2 Å². The number of fused-ring (bicyclic) bond motifs is 1. The highest BCUT2D eigenvalue weighted by molar-refractivity contribution is 5.98. The first-order valence-corrected chi connectivity index (χ1v) is 15.6. The number of rotatable bonds is 9. The summed E-state index contributed by atoms with van der Waals surface area (Å²) >= 11 is 0. The zero-order valence-electron chi connectivity index (χ0n) is 26.5. The number of amides is 1. The number of piperazine rings is 1. The standard InChI is InChI=1S/C34H39N9O3/c1-4-39-14-16-41(17-15-39)34(2,3)18-25(19-35)32(44)40-20-24(21-40)22-42-31-29(30(36)37-23-38-31)43(33(42)45)26-10-12-28(13-11-26)46-27-8-6-5-7-9-27/h5-13,18,23-24H,4,14-17,20-22H2,1-3H3,(H2,36,37,38)/b25-18-. The van der Waals surface area contributed by atoms with Crippen LogP contribution in [0.3, 0.4) is 0 Å². The second kappa shape index (κ2) is 12.8. The Hall–Kier alpha value is -4.99. The second-order valence-electron chi connectivity index (χ2n) is 12.4. The highest BCUT2D eigenvalue weighted by Crippen LogP contribution is 2.28. The Bertz CT molecular complexity index is 1840. The molecule has 238 valence electrons. The summed E-state index contributed by atoms with van der Waals surface area (Å²) in [5, 5.41) is 9.92. The van der Waals surface area contributed by atoms with Gasteiger partial charge in [0, 0.05) is 57.3 Å². The number of hydrogen-bond donors (Lipinski definition) is 1. The summed E-state index contributed by atoms with van der Waals surface area (Å²) in [6, 6.07) is 18.8. The van der Waals surface area contributed by atoms with Crippen molar-refractivity contribution in [2.45, 2.75) is 32.9 Å². The molecule has 6 rings (SSSR count). The third-order valence-electron chi connectivity index (χ3n) is 8.97. The molecule has 2 aliphatic heterocycles. The number of nitriles is 1. The lowest BCUT2D eigenvalue weighted by Crippen LogP contribution is -2.55. The van der Waals surface area contributed by atoms with Crippen molar-refractivity contribution in [2.75, 3.05) is 51.5 Å². The maximum absolute atomic E-state index is 13.8. The van der Waals surface area contributed by atoms with Crippen LogP contribution in [0.15, 0.2) is 77.4 Å². The monoisotopic (exact) mass is 621 g/mol. The molecule has 46 heavy (non-hydrogen) atoms. The van der Waals surface area contributed by atoms with Crippen molar-refractivity contribution in [3.63, 3.8) is 0 Å². The molecule has 12 heteroatoms. The van der Waals surface area contributed by atoms with Crippen molar-refractivity contribution in [3.8, 4) is 23.3 Å². The maximum atomic E-state index is 13.8. The summed E-state index contributed by atoms with van der Waals surface area (Å²) in [6.45, 7) is 12.2. The van der Waals surface area contributed by atoms with E-state index in [1.54, 1.807) is 39.8 Å². The Morgan fingerprint density at radius 2 is 1.72 bits per heavy atom. The highest BCUT2D eigenvalue weighted by atomic mass is 16.5. The molecular formula is C34H39N9O3. The van der Waals surface area contributed by atoms with Crippen LogP contribution in [0.4, 0.5) is 5.82 Å².